The highest BCUT2D eigenvalue weighted by Crippen LogP contribution is 2.54. The van der Waals surface area contributed by atoms with Gasteiger partial charge in [0.05, 0.1) is 23.6 Å². The van der Waals surface area contributed by atoms with Crippen molar-refractivity contribution < 1.29 is 33.4 Å². The molecule has 5 rings (SSSR count). The molecule has 2 aromatic rings. The second kappa shape index (κ2) is 7.67. The minimum absolute atomic E-state index is 0.405. The molecular formula is C25H21NO7. The first kappa shape index (κ1) is 21.1. The van der Waals surface area contributed by atoms with Crippen molar-refractivity contribution in [3.63, 3.8) is 0 Å². The van der Waals surface area contributed by atoms with Crippen LogP contribution in [0.1, 0.15) is 13.8 Å². The lowest BCUT2D eigenvalue weighted by Crippen LogP contribution is -2.52. The maximum absolute atomic E-state index is 13.5. The Hall–Kier alpha value is -3.78. The third kappa shape index (κ3) is 3.25. The number of carbonyl (C=O) groups is 4. The smallest absolute Gasteiger partial charge is 0.305 e. The standard InChI is InChI=1S/C25H21NO7/c1-14(27)31-24(32-15(2)28)25-13-12-19(33-25)20-21(25)23(30)26(22(20)29)18-10-8-17(9-11-18)16-6-4-3-5-7-16/h3-13,19-21,24H,1-2H3/t19-,20-,21-,25-/m1/s1. The SMILES string of the molecule is CC(=O)OC(OC(C)=O)[C@]12C=C[C@@H](O1)[C@H]1C(=O)N(c3ccc(-c4ccccc4)cc3)C(=O)[C@@H]12. The van der Waals surface area contributed by atoms with Gasteiger partial charge in [-0.15, -0.1) is 0 Å². The second-order valence-electron chi connectivity index (χ2n) is 8.27. The number of hydrogen-bond acceptors (Lipinski definition) is 7. The van der Waals surface area contributed by atoms with E-state index in [1.807, 2.05) is 42.5 Å². The lowest BCUT2D eigenvalue weighted by atomic mass is 9.76. The van der Waals surface area contributed by atoms with Crippen LogP contribution in [0.25, 0.3) is 11.1 Å². The number of hydrogen-bond donors (Lipinski definition) is 0. The summed E-state index contributed by atoms with van der Waals surface area (Å²) in [6.45, 7) is 2.33. The molecule has 33 heavy (non-hydrogen) atoms. The number of benzene rings is 2. The monoisotopic (exact) mass is 447 g/mol. The molecule has 3 aliphatic heterocycles. The van der Waals surface area contributed by atoms with E-state index in [9.17, 15) is 19.2 Å². The number of carbonyl (C=O) groups excluding carboxylic acids is 4. The molecule has 0 aromatic heterocycles. The van der Waals surface area contributed by atoms with Gasteiger partial charge in [0, 0.05) is 13.8 Å². The van der Waals surface area contributed by atoms with Gasteiger partial charge < -0.3 is 14.2 Å². The molecule has 4 atom stereocenters. The minimum atomic E-state index is -1.56. The van der Waals surface area contributed by atoms with E-state index in [2.05, 4.69) is 0 Å². The predicted octanol–water partition coefficient (Wildman–Crippen LogP) is 2.62. The molecule has 2 aromatic carbocycles. The summed E-state index contributed by atoms with van der Waals surface area (Å²) in [6.07, 6.45) is 1.03. The zero-order chi connectivity index (χ0) is 23.3. The predicted molar refractivity (Wildman–Crippen MR) is 115 cm³/mol. The van der Waals surface area contributed by atoms with Crippen LogP contribution in [0.4, 0.5) is 5.69 Å². The van der Waals surface area contributed by atoms with Crippen LogP contribution in [-0.2, 0) is 33.4 Å². The highest BCUT2D eigenvalue weighted by molar-refractivity contribution is 6.23. The van der Waals surface area contributed by atoms with Crippen molar-refractivity contribution in [2.75, 3.05) is 4.90 Å². The van der Waals surface area contributed by atoms with Crippen LogP contribution < -0.4 is 4.90 Å². The summed E-state index contributed by atoms with van der Waals surface area (Å²) in [5.41, 5.74) is 0.841. The van der Waals surface area contributed by atoms with Gasteiger partial charge in [-0.25, -0.2) is 4.90 Å². The third-order valence-electron chi connectivity index (χ3n) is 6.22. The van der Waals surface area contributed by atoms with E-state index in [1.165, 1.54) is 0 Å². The summed E-state index contributed by atoms with van der Waals surface area (Å²) in [6, 6.07) is 16.9. The van der Waals surface area contributed by atoms with Crippen molar-refractivity contribution in [2.24, 2.45) is 11.8 Å². The maximum atomic E-state index is 13.5. The molecule has 0 radical (unpaired) electrons. The minimum Gasteiger partial charge on any atom is -0.422 e. The quantitative estimate of drug-likeness (QED) is 0.301. The number of anilines is 1. The van der Waals surface area contributed by atoms with Crippen molar-refractivity contribution in [1.29, 1.82) is 0 Å². The zero-order valence-electron chi connectivity index (χ0n) is 18.0. The molecule has 2 amide bonds. The van der Waals surface area contributed by atoms with E-state index in [-0.39, 0.29) is 0 Å². The van der Waals surface area contributed by atoms with Gasteiger partial charge in [-0.2, -0.15) is 0 Å². The fourth-order valence-corrected chi connectivity index (χ4v) is 4.90. The lowest BCUT2D eigenvalue weighted by Gasteiger charge is -2.34. The van der Waals surface area contributed by atoms with Crippen LogP contribution in [0, 0.1) is 11.8 Å². The number of nitrogens with zero attached hydrogens (tertiary/aromatic N) is 1. The molecule has 0 saturated carbocycles. The molecule has 0 unspecified atom stereocenters. The van der Waals surface area contributed by atoms with Gasteiger partial charge in [0.1, 0.15) is 0 Å². The molecule has 2 fully saturated rings. The van der Waals surface area contributed by atoms with Crippen LogP contribution in [0.15, 0.2) is 66.7 Å². The summed E-state index contributed by atoms with van der Waals surface area (Å²) >= 11 is 0. The van der Waals surface area contributed by atoms with Crippen molar-refractivity contribution in [2.45, 2.75) is 31.8 Å². The zero-order valence-corrected chi connectivity index (χ0v) is 18.0. The summed E-state index contributed by atoms with van der Waals surface area (Å²) < 4.78 is 16.4. The molecule has 2 bridgehead atoms. The Morgan fingerprint density at radius 1 is 0.909 bits per heavy atom. The van der Waals surface area contributed by atoms with E-state index in [1.54, 1.807) is 24.3 Å². The molecule has 0 N–H and O–H groups in total. The lowest BCUT2D eigenvalue weighted by molar-refractivity contribution is -0.226. The number of fused-ring (bicyclic) bond motifs is 5. The largest absolute Gasteiger partial charge is 0.422 e. The fourth-order valence-electron chi connectivity index (χ4n) is 4.90. The molecule has 2 saturated heterocycles. The normalized spacial score (nSPS) is 27.2. The summed E-state index contributed by atoms with van der Waals surface area (Å²) in [4.78, 5) is 51.4. The highest BCUT2D eigenvalue weighted by Gasteiger charge is 2.72. The second-order valence-corrected chi connectivity index (χ2v) is 8.27. The number of ether oxygens (including phenoxy) is 3. The molecule has 3 aliphatic rings. The Labute approximate surface area is 189 Å². The van der Waals surface area contributed by atoms with Gasteiger partial charge in [-0.3, -0.25) is 19.2 Å². The molecule has 0 spiro atoms. The summed E-state index contributed by atoms with van der Waals surface area (Å²) in [7, 11) is 0. The van der Waals surface area contributed by atoms with Crippen molar-refractivity contribution in [3.05, 3.63) is 66.7 Å². The molecule has 168 valence electrons. The third-order valence-corrected chi connectivity index (χ3v) is 6.22. The van der Waals surface area contributed by atoms with Crippen molar-refractivity contribution in [1.82, 2.24) is 0 Å². The van der Waals surface area contributed by atoms with Crippen LogP contribution in [-0.4, -0.2) is 41.7 Å². The molecule has 8 nitrogen and oxygen atoms in total. The Morgan fingerprint density at radius 3 is 2.12 bits per heavy atom. The van der Waals surface area contributed by atoms with Crippen LogP contribution in [0.3, 0.4) is 0 Å². The fraction of sp³-hybridized carbons (Fsp3) is 0.280. The number of rotatable bonds is 5. The first-order valence-electron chi connectivity index (χ1n) is 10.6. The van der Waals surface area contributed by atoms with Gasteiger partial charge in [-0.05, 0) is 29.3 Å². The average molecular weight is 447 g/mol. The van der Waals surface area contributed by atoms with Crippen LogP contribution >= 0.6 is 0 Å². The number of amides is 2. The van der Waals surface area contributed by atoms with E-state index in [0.29, 0.717) is 5.69 Å². The average Bonchev–Trinajstić information content (AvgIpc) is 3.44. The molecule has 8 heteroatoms. The van der Waals surface area contributed by atoms with E-state index in [0.717, 1.165) is 29.9 Å². The molecular weight excluding hydrogens is 426 g/mol. The van der Waals surface area contributed by atoms with Gasteiger partial charge in [0.15, 0.2) is 5.60 Å². The Balaban J connectivity index is 1.48. The van der Waals surface area contributed by atoms with Gasteiger partial charge >= 0.3 is 11.9 Å². The first-order chi connectivity index (χ1) is 15.8. The number of imide groups is 1. The topological polar surface area (TPSA) is 99.2 Å². The first-order valence-corrected chi connectivity index (χ1v) is 10.6. The Morgan fingerprint density at radius 2 is 1.52 bits per heavy atom. The van der Waals surface area contributed by atoms with Crippen molar-refractivity contribution in [3.8, 4) is 11.1 Å². The van der Waals surface area contributed by atoms with Crippen molar-refractivity contribution >= 4 is 29.4 Å². The summed E-state index contributed by atoms with van der Waals surface area (Å²) in [5, 5.41) is 0. The van der Waals surface area contributed by atoms with Gasteiger partial charge in [0.2, 0.25) is 11.8 Å². The van der Waals surface area contributed by atoms with Crippen LogP contribution in [0.2, 0.25) is 0 Å². The maximum Gasteiger partial charge on any atom is 0.305 e. The van der Waals surface area contributed by atoms with E-state index in [4.69, 9.17) is 14.2 Å². The van der Waals surface area contributed by atoms with Crippen LogP contribution in [0.5, 0.6) is 0 Å². The van der Waals surface area contributed by atoms with Gasteiger partial charge in [0.25, 0.3) is 6.29 Å². The van der Waals surface area contributed by atoms with Gasteiger partial charge in [-0.1, -0.05) is 48.5 Å². The molecule has 3 heterocycles. The summed E-state index contributed by atoms with van der Waals surface area (Å²) in [5.74, 6) is -4.09. The van der Waals surface area contributed by atoms with E-state index < -0.39 is 53.6 Å². The molecule has 0 aliphatic carbocycles. The Kier molecular flexibility index (Phi) is 4.90. The Bertz CT molecular complexity index is 1160. The van der Waals surface area contributed by atoms with E-state index >= 15 is 0 Å². The highest BCUT2D eigenvalue weighted by atomic mass is 16.7. The number of esters is 2.